The van der Waals surface area contributed by atoms with Gasteiger partial charge in [-0.05, 0) is 36.6 Å². The van der Waals surface area contributed by atoms with Gasteiger partial charge in [0.1, 0.15) is 0 Å². The molecule has 1 aliphatic heterocycles. The van der Waals surface area contributed by atoms with Gasteiger partial charge in [-0.15, -0.1) is 0 Å². The Bertz CT molecular complexity index is 814. The van der Waals surface area contributed by atoms with Gasteiger partial charge in [0.25, 0.3) is 0 Å². The van der Waals surface area contributed by atoms with Gasteiger partial charge in [-0.2, -0.15) is 0 Å². The van der Waals surface area contributed by atoms with Crippen LogP contribution in [0.1, 0.15) is 28.4 Å². The number of nitrogens with zero attached hydrogens (tertiary/aromatic N) is 1. The van der Waals surface area contributed by atoms with Gasteiger partial charge >= 0.3 is 5.97 Å². The molecule has 6 nitrogen and oxygen atoms in total. The summed E-state index contributed by atoms with van der Waals surface area (Å²) in [6, 6.07) is 15.5. The molecule has 6 heteroatoms. The first-order valence-electron chi connectivity index (χ1n) is 10.1. The average molecular weight is 396 g/mol. The van der Waals surface area contributed by atoms with Crippen molar-refractivity contribution >= 4 is 17.6 Å². The van der Waals surface area contributed by atoms with Crippen LogP contribution in [0.3, 0.4) is 0 Å². The molecule has 0 saturated carbocycles. The molecule has 2 aromatic rings. The van der Waals surface area contributed by atoms with E-state index in [1.165, 1.54) is 5.56 Å². The number of hydrogen-bond donors (Lipinski definition) is 1. The third-order valence-electron chi connectivity index (χ3n) is 4.89. The quantitative estimate of drug-likeness (QED) is 0.695. The monoisotopic (exact) mass is 396 g/mol. The van der Waals surface area contributed by atoms with Crippen LogP contribution in [-0.4, -0.2) is 56.2 Å². The van der Waals surface area contributed by atoms with E-state index in [0.29, 0.717) is 51.4 Å². The first-order chi connectivity index (χ1) is 14.2. The van der Waals surface area contributed by atoms with E-state index in [1.807, 2.05) is 35.2 Å². The fourth-order valence-corrected chi connectivity index (χ4v) is 3.29. The maximum atomic E-state index is 12.3. The number of carbonyl (C=O) groups is 2. The summed E-state index contributed by atoms with van der Waals surface area (Å²) in [7, 11) is 0. The molecule has 1 heterocycles. The molecule has 0 aromatic heterocycles. The van der Waals surface area contributed by atoms with Crippen LogP contribution in [0.25, 0.3) is 0 Å². The molecule has 0 bridgehead atoms. The van der Waals surface area contributed by atoms with Crippen molar-refractivity contribution in [3.8, 4) is 0 Å². The summed E-state index contributed by atoms with van der Waals surface area (Å²) in [5, 5.41) is 3.32. The van der Waals surface area contributed by atoms with Crippen molar-refractivity contribution in [2.45, 2.75) is 19.8 Å². The molecular weight excluding hydrogens is 368 g/mol. The van der Waals surface area contributed by atoms with Crippen LogP contribution in [0, 0.1) is 0 Å². The number of hydrogen-bond acceptors (Lipinski definition) is 5. The van der Waals surface area contributed by atoms with E-state index in [-0.39, 0.29) is 11.9 Å². The van der Waals surface area contributed by atoms with Gasteiger partial charge in [-0.25, -0.2) is 4.79 Å². The molecule has 0 unspecified atom stereocenters. The third-order valence-corrected chi connectivity index (χ3v) is 4.89. The first-order valence-corrected chi connectivity index (χ1v) is 10.1. The minimum atomic E-state index is -0.315. The van der Waals surface area contributed by atoms with Gasteiger partial charge in [-0.1, -0.05) is 36.4 Å². The molecule has 1 fully saturated rings. The Morgan fingerprint density at radius 2 is 1.72 bits per heavy atom. The van der Waals surface area contributed by atoms with Crippen molar-refractivity contribution < 1.29 is 19.1 Å². The zero-order valence-corrected chi connectivity index (χ0v) is 16.9. The van der Waals surface area contributed by atoms with Gasteiger partial charge in [-0.3, -0.25) is 4.79 Å². The molecule has 1 amide bonds. The van der Waals surface area contributed by atoms with Crippen LogP contribution in [0.2, 0.25) is 0 Å². The van der Waals surface area contributed by atoms with Gasteiger partial charge in [0.15, 0.2) is 0 Å². The van der Waals surface area contributed by atoms with E-state index in [9.17, 15) is 9.59 Å². The minimum Gasteiger partial charge on any atom is -0.462 e. The Hall–Kier alpha value is -2.86. The maximum Gasteiger partial charge on any atom is 0.340 e. The second-order valence-electron chi connectivity index (χ2n) is 6.93. The van der Waals surface area contributed by atoms with Gasteiger partial charge in [0, 0.05) is 25.3 Å². The van der Waals surface area contributed by atoms with E-state index in [1.54, 1.807) is 13.0 Å². The predicted octanol–water partition coefficient (Wildman–Crippen LogP) is 2.92. The Morgan fingerprint density at radius 3 is 2.45 bits per heavy atom. The molecule has 154 valence electrons. The van der Waals surface area contributed by atoms with Crippen molar-refractivity contribution in [1.29, 1.82) is 0 Å². The average Bonchev–Trinajstić information content (AvgIpc) is 2.76. The fourth-order valence-electron chi connectivity index (χ4n) is 3.29. The molecule has 0 spiro atoms. The highest BCUT2D eigenvalue weighted by atomic mass is 16.5. The minimum absolute atomic E-state index is 0.151. The number of benzene rings is 2. The predicted molar refractivity (Wildman–Crippen MR) is 112 cm³/mol. The van der Waals surface area contributed by atoms with Gasteiger partial charge in [0.2, 0.25) is 5.91 Å². The van der Waals surface area contributed by atoms with Crippen LogP contribution < -0.4 is 5.32 Å². The number of para-hydroxylation sites is 1. The number of nitrogens with one attached hydrogen (secondary N) is 1. The topological polar surface area (TPSA) is 67.9 Å². The summed E-state index contributed by atoms with van der Waals surface area (Å²) in [6.07, 6.45) is 1.24. The van der Waals surface area contributed by atoms with Gasteiger partial charge in [0.05, 0.1) is 31.8 Å². The van der Waals surface area contributed by atoms with Crippen LogP contribution in [0.5, 0.6) is 0 Å². The zero-order valence-electron chi connectivity index (χ0n) is 16.9. The second kappa shape index (κ2) is 10.6. The molecule has 3 rings (SSSR count). The SMILES string of the molecule is CCOC(=O)c1ccccc1NCCc1ccc(CC(=O)N2CCOCC2)cc1. The summed E-state index contributed by atoms with van der Waals surface area (Å²) in [4.78, 5) is 26.2. The summed E-state index contributed by atoms with van der Waals surface area (Å²) in [5.74, 6) is -0.164. The van der Waals surface area contributed by atoms with Crippen molar-refractivity contribution in [3.63, 3.8) is 0 Å². The van der Waals surface area contributed by atoms with Crippen LogP contribution in [0.15, 0.2) is 48.5 Å². The number of esters is 1. The van der Waals surface area contributed by atoms with Gasteiger partial charge < -0.3 is 19.7 Å². The maximum absolute atomic E-state index is 12.3. The van der Waals surface area contributed by atoms with Crippen molar-refractivity contribution in [2.24, 2.45) is 0 Å². The normalized spacial score (nSPS) is 13.8. The molecule has 1 aliphatic rings. The molecule has 29 heavy (non-hydrogen) atoms. The Kier molecular flexibility index (Phi) is 7.64. The summed E-state index contributed by atoms with van der Waals surface area (Å²) in [5.41, 5.74) is 3.52. The van der Waals surface area contributed by atoms with Crippen molar-refractivity contribution in [2.75, 3.05) is 44.8 Å². The van der Waals surface area contributed by atoms with Crippen molar-refractivity contribution in [3.05, 3.63) is 65.2 Å². The largest absolute Gasteiger partial charge is 0.462 e. The van der Waals surface area contributed by atoms with Crippen LogP contribution >= 0.6 is 0 Å². The number of anilines is 1. The van der Waals surface area contributed by atoms with Crippen molar-refractivity contribution in [1.82, 2.24) is 4.90 Å². The molecule has 0 aliphatic carbocycles. The Morgan fingerprint density at radius 1 is 1.03 bits per heavy atom. The lowest BCUT2D eigenvalue weighted by molar-refractivity contribution is -0.134. The smallest absolute Gasteiger partial charge is 0.340 e. The highest BCUT2D eigenvalue weighted by Crippen LogP contribution is 2.16. The van der Waals surface area contributed by atoms with Crippen LogP contribution in [0.4, 0.5) is 5.69 Å². The lowest BCUT2D eigenvalue weighted by atomic mass is 10.1. The van der Waals surface area contributed by atoms with E-state index in [0.717, 1.165) is 17.7 Å². The number of carbonyl (C=O) groups excluding carboxylic acids is 2. The van der Waals surface area contributed by atoms with E-state index in [4.69, 9.17) is 9.47 Å². The molecule has 0 radical (unpaired) electrons. The third kappa shape index (κ3) is 6.06. The number of morpholine rings is 1. The number of rotatable bonds is 8. The Labute approximate surface area is 171 Å². The molecular formula is C23H28N2O4. The number of ether oxygens (including phenoxy) is 2. The van der Waals surface area contributed by atoms with E-state index in [2.05, 4.69) is 17.4 Å². The van der Waals surface area contributed by atoms with Crippen LogP contribution in [-0.2, 0) is 27.1 Å². The molecule has 1 saturated heterocycles. The summed E-state index contributed by atoms with van der Waals surface area (Å²) >= 11 is 0. The summed E-state index contributed by atoms with van der Waals surface area (Å²) < 4.78 is 10.4. The molecule has 2 aromatic carbocycles. The first kappa shape index (κ1) is 20.9. The lowest BCUT2D eigenvalue weighted by Gasteiger charge is -2.26. The summed E-state index contributed by atoms with van der Waals surface area (Å²) in [6.45, 7) is 5.45. The highest BCUT2D eigenvalue weighted by Gasteiger charge is 2.17. The zero-order chi connectivity index (χ0) is 20.5. The molecule has 0 atom stereocenters. The highest BCUT2D eigenvalue weighted by molar-refractivity contribution is 5.95. The van der Waals surface area contributed by atoms with E-state index < -0.39 is 0 Å². The van der Waals surface area contributed by atoms with E-state index >= 15 is 0 Å². The standard InChI is InChI=1S/C23H28N2O4/c1-2-29-23(27)20-5-3-4-6-21(20)24-12-11-18-7-9-19(10-8-18)17-22(26)25-13-15-28-16-14-25/h3-10,24H,2,11-17H2,1H3. The second-order valence-corrected chi connectivity index (χ2v) is 6.93. The Balaban J connectivity index is 1.49. The number of amides is 1. The molecule has 1 N–H and O–H groups in total. The fraction of sp³-hybridized carbons (Fsp3) is 0.391. The lowest BCUT2D eigenvalue weighted by Crippen LogP contribution is -2.41.